The normalized spacial score (nSPS) is 12.4. The Labute approximate surface area is 129 Å². The molecule has 1 atom stereocenters. The summed E-state index contributed by atoms with van der Waals surface area (Å²) in [7, 11) is 0. The Bertz CT molecular complexity index is 586. The lowest BCUT2D eigenvalue weighted by molar-refractivity contribution is 0.512. The number of benzene rings is 2. The molecule has 0 aromatic heterocycles. The molecule has 112 valence electrons. The van der Waals surface area contributed by atoms with Crippen molar-refractivity contribution < 1.29 is 0 Å². The number of rotatable bonds is 6. The maximum atomic E-state index is 3.66. The molecule has 0 saturated heterocycles. The molecule has 1 unspecified atom stereocenters. The average Bonchev–Trinajstić information content (AvgIpc) is 2.48. The first-order valence-electron chi connectivity index (χ1n) is 7.97. The minimum absolute atomic E-state index is 0.439. The van der Waals surface area contributed by atoms with Gasteiger partial charge < -0.3 is 5.32 Å². The second-order valence-corrected chi connectivity index (χ2v) is 5.86. The van der Waals surface area contributed by atoms with Crippen LogP contribution in [0.2, 0.25) is 0 Å². The average molecular weight is 281 g/mol. The lowest BCUT2D eigenvalue weighted by atomic mass is 9.92. The molecule has 1 nitrogen and oxygen atoms in total. The fourth-order valence-electron chi connectivity index (χ4n) is 2.96. The molecule has 0 aliphatic rings. The van der Waals surface area contributed by atoms with Gasteiger partial charge in [-0.15, -0.1) is 0 Å². The lowest BCUT2D eigenvalue weighted by Gasteiger charge is -2.22. The van der Waals surface area contributed by atoms with Gasteiger partial charge in [-0.05, 0) is 68.0 Å². The molecule has 0 aliphatic carbocycles. The summed E-state index contributed by atoms with van der Waals surface area (Å²) in [6.07, 6.45) is 2.26. The third-order valence-electron chi connectivity index (χ3n) is 4.44. The third-order valence-corrected chi connectivity index (χ3v) is 4.44. The predicted molar refractivity (Wildman–Crippen MR) is 91.8 cm³/mol. The van der Waals surface area contributed by atoms with E-state index in [2.05, 4.69) is 75.5 Å². The molecular formula is C20H27N. The highest BCUT2D eigenvalue weighted by Crippen LogP contribution is 2.25. The van der Waals surface area contributed by atoms with Crippen LogP contribution in [0.3, 0.4) is 0 Å². The predicted octanol–water partition coefficient (Wildman–Crippen LogP) is 4.90. The first-order valence-corrected chi connectivity index (χ1v) is 7.97. The Morgan fingerprint density at radius 3 is 2.33 bits per heavy atom. The Hall–Kier alpha value is -1.60. The van der Waals surface area contributed by atoms with E-state index in [1.165, 1.54) is 27.8 Å². The van der Waals surface area contributed by atoms with Crippen molar-refractivity contribution in [3.8, 4) is 0 Å². The maximum absolute atomic E-state index is 3.66. The van der Waals surface area contributed by atoms with E-state index in [-0.39, 0.29) is 0 Å². The first-order chi connectivity index (χ1) is 10.1. The molecule has 0 heterocycles. The van der Waals surface area contributed by atoms with Crippen LogP contribution in [0.5, 0.6) is 0 Å². The first kappa shape index (κ1) is 15.8. The van der Waals surface area contributed by atoms with Crippen molar-refractivity contribution in [3.63, 3.8) is 0 Å². The maximum Gasteiger partial charge on any atom is 0.0326 e. The van der Waals surface area contributed by atoms with Gasteiger partial charge in [-0.1, -0.05) is 49.4 Å². The third kappa shape index (κ3) is 3.95. The summed E-state index contributed by atoms with van der Waals surface area (Å²) < 4.78 is 0. The molecule has 0 saturated carbocycles. The lowest BCUT2D eigenvalue weighted by Crippen LogP contribution is -2.22. The van der Waals surface area contributed by atoms with Crippen LogP contribution in [-0.2, 0) is 6.42 Å². The molecule has 0 spiro atoms. The minimum atomic E-state index is 0.439. The van der Waals surface area contributed by atoms with Gasteiger partial charge >= 0.3 is 0 Å². The molecular weight excluding hydrogens is 254 g/mol. The highest BCUT2D eigenvalue weighted by molar-refractivity contribution is 5.35. The van der Waals surface area contributed by atoms with E-state index in [1.807, 2.05) is 0 Å². The van der Waals surface area contributed by atoms with E-state index in [0.717, 1.165) is 19.4 Å². The summed E-state index contributed by atoms with van der Waals surface area (Å²) in [6, 6.07) is 15.8. The van der Waals surface area contributed by atoms with Crippen molar-refractivity contribution in [3.05, 3.63) is 70.3 Å². The second kappa shape index (κ2) is 7.42. The number of hydrogen-bond donors (Lipinski definition) is 1. The molecule has 2 aromatic carbocycles. The topological polar surface area (TPSA) is 12.0 Å². The molecule has 2 rings (SSSR count). The number of hydrogen-bond acceptors (Lipinski definition) is 1. The van der Waals surface area contributed by atoms with E-state index in [0.29, 0.717) is 6.04 Å². The van der Waals surface area contributed by atoms with Crippen LogP contribution in [-0.4, -0.2) is 6.54 Å². The quantitative estimate of drug-likeness (QED) is 0.794. The van der Waals surface area contributed by atoms with Crippen LogP contribution in [0.1, 0.15) is 47.2 Å². The molecule has 0 bridgehead atoms. The van der Waals surface area contributed by atoms with Crippen molar-refractivity contribution in [1.82, 2.24) is 5.32 Å². The summed E-state index contributed by atoms with van der Waals surface area (Å²) in [6.45, 7) is 9.83. The van der Waals surface area contributed by atoms with Crippen molar-refractivity contribution >= 4 is 0 Å². The number of aryl methyl sites for hydroxylation is 3. The van der Waals surface area contributed by atoms with E-state index < -0.39 is 0 Å². The van der Waals surface area contributed by atoms with Crippen molar-refractivity contribution in [2.75, 3.05) is 6.54 Å². The van der Waals surface area contributed by atoms with Gasteiger partial charge in [0.25, 0.3) is 0 Å². The molecule has 0 amide bonds. The zero-order valence-electron chi connectivity index (χ0n) is 13.7. The zero-order valence-corrected chi connectivity index (χ0v) is 13.7. The van der Waals surface area contributed by atoms with Crippen LogP contribution in [0, 0.1) is 20.8 Å². The van der Waals surface area contributed by atoms with Gasteiger partial charge in [0.05, 0.1) is 0 Å². The Balaban J connectivity index is 2.16. The Kier molecular flexibility index (Phi) is 5.58. The number of nitrogens with one attached hydrogen (secondary N) is 1. The highest BCUT2D eigenvalue weighted by atomic mass is 14.9. The molecule has 21 heavy (non-hydrogen) atoms. The van der Waals surface area contributed by atoms with Gasteiger partial charge in [-0.3, -0.25) is 0 Å². The van der Waals surface area contributed by atoms with E-state index in [9.17, 15) is 0 Å². The molecule has 1 N–H and O–H groups in total. The van der Waals surface area contributed by atoms with Gasteiger partial charge in [0.15, 0.2) is 0 Å². The summed E-state index contributed by atoms with van der Waals surface area (Å²) in [5.74, 6) is 0. The van der Waals surface area contributed by atoms with Crippen molar-refractivity contribution in [1.29, 1.82) is 0 Å². The smallest absolute Gasteiger partial charge is 0.0326 e. The van der Waals surface area contributed by atoms with Crippen LogP contribution in [0.4, 0.5) is 0 Å². The molecule has 1 heteroatoms. The van der Waals surface area contributed by atoms with Gasteiger partial charge in [-0.2, -0.15) is 0 Å². The van der Waals surface area contributed by atoms with Gasteiger partial charge in [0, 0.05) is 6.04 Å². The van der Waals surface area contributed by atoms with E-state index >= 15 is 0 Å². The molecule has 0 aliphatic heterocycles. The fourth-order valence-corrected chi connectivity index (χ4v) is 2.96. The van der Waals surface area contributed by atoms with E-state index in [1.54, 1.807) is 0 Å². The zero-order chi connectivity index (χ0) is 15.2. The summed E-state index contributed by atoms with van der Waals surface area (Å²) in [4.78, 5) is 0. The van der Waals surface area contributed by atoms with Gasteiger partial charge in [-0.25, -0.2) is 0 Å². The van der Waals surface area contributed by atoms with Gasteiger partial charge in [0.2, 0.25) is 0 Å². The molecule has 0 fully saturated rings. The standard InChI is InChI=1S/C20H27N/c1-5-21-20(19-12-8-10-15(2)17(19)4)14-13-18-11-7-6-9-16(18)3/h6-12,20-21H,5,13-14H2,1-4H3. The SMILES string of the molecule is CCNC(CCc1ccccc1C)c1cccc(C)c1C. The Morgan fingerprint density at radius 1 is 0.905 bits per heavy atom. The van der Waals surface area contributed by atoms with Crippen LogP contribution >= 0.6 is 0 Å². The monoisotopic (exact) mass is 281 g/mol. The van der Waals surface area contributed by atoms with Crippen LogP contribution in [0.25, 0.3) is 0 Å². The van der Waals surface area contributed by atoms with Crippen LogP contribution < -0.4 is 5.32 Å². The highest BCUT2D eigenvalue weighted by Gasteiger charge is 2.14. The summed E-state index contributed by atoms with van der Waals surface area (Å²) in [5, 5.41) is 3.66. The van der Waals surface area contributed by atoms with Gasteiger partial charge in [0.1, 0.15) is 0 Å². The van der Waals surface area contributed by atoms with Crippen molar-refractivity contribution in [2.24, 2.45) is 0 Å². The summed E-state index contributed by atoms with van der Waals surface area (Å²) in [5.41, 5.74) is 7.12. The van der Waals surface area contributed by atoms with Crippen LogP contribution in [0.15, 0.2) is 42.5 Å². The molecule has 2 aromatic rings. The van der Waals surface area contributed by atoms with E-state index in [4.69, 9.17) is 0 Å². The van der Waals surface area contributed by atoms with Crippen molar-refractivity contribution in [2.45, 2.75) is 46.6 Å². The largest absolute Gasteiger partial charge is 0.310 e. The fraction of sp³-hybridized carbons (Fsp3) is 0.400. The summed E-state index contributed by atoms with van der Waals surface area (Å²) >= 11 is 0. The minimum Gasteiger partial charge on any atom is -0.310 e. The Morgan fingerprint density at radius 2 is 1.62 bits per heavy atom. The second-order valence-electron chi connectivity index (χ2n) is 5.86. The molecule has 0 radical (unpaired) electrons.